The lowest BCUT2D eigenvalue weighted by Crippen LogP contribution is -2.35. The van der Waals surface area contributed by atoms with Crippen LogP contribution in [0.2, 0.25) is 0 Å². The molecule has 1 aliphatic carbocycles. The Balaban J connectivity index is 2.36. The summed E-state index contributed by atoms with van der Waals surface area (Å²) in [4.78, 5) is 0.198. The first-order valence-electron chi connectivity index (χ1n) is 5.64. The molecule has 3 N–H and O–H groups in total. The van der Waals surface area contributed by atoms with Gasteiger partial charge in [0.05, 0.1) is 11.5 Å². The highest BCUT2D eigenvalue weighted by Crippen LogP contribution is 2.33. The first-order valence-corrected chi connectivity index (χ1v) is 7.88. The van der Waals surface area contributed by atoms with E-state index in [4.69, 9.17) is 10.8 Å². The summed E-state index contributed by atoms with van der Waals surface area (Å²) < 4.78 is 26.8. The Labute approximate surface area is 115 Å². The van der Waals surface area contributed by atoms with Gasteiger partial charge in [0.25, 0.3) is 0 Å². The van der Waals surface area contributed by atoms with Crippen LogP contribution < -0.4 is 5.73 Å². The van der Waals surface area contributed by atoms with Gasteiger partial charge in [0.1, 0.15) is 0 Å². The van der Waals surface area contributed by atoms with Crippen LogP contribution in [0.25, 0.3) is 0 Å². The summed E-state index contributed by atoms with van der Waals surface area (Å²) in [6.07, 6.45) is 1.71. The molecule has 0 radical (unpaired) electrons. The molecule has 5 nitrogen and oxygen atoms in total. The Morgan fingerprint density at radius 1 is 1.44 bits per heavy atom. The Morgan fingerprint density at radius 2 is 2.11 bits per heavy atom. The van der Waals surface area contributed by atoms with Crippen LogP contribution in [0.3, 0.4) is 0 Å². The average Bonchev–Trinajstić information content (AvgIpc) is 3.13. The third kappa shape index (κ3) is 2.69. The van der Waals surface area contributed by atoms with Gasteiger partial charge in [-0.2, -0.15) is 4.31 Å². The lowest BCUT2D eigenvalue weighted by Gasteiger charge is -2.21. The molecule has 1 fully saturated rings. The second-order valence-electron chi connectivity index (χ2n) is 4.25. The zero-order valence-corrected chi connectivity index (χ0v) is 12.1. The molecule has 1 aromatic carbocycles. The summed E-state index contributed by atoms with van der Waals surface area (Å²) in [5.74, 6) is 0. The molecular weight excluding hydrogens is 320 g/mol. The minimum Gasteiger partial charge on any atom is -0.398 e. The maximum Gasteiger partial charge on any atom is 0.243 e. The molecule has 0 atom stereocenters. The number of halogens is 1. The zero-order valence-electron chi connectivity index (χ0n) is 9.71. The third-order valence-corrected chi connectivity index (χ3v) is 5.49. The number of anilines is 1. The van der Waals surface area contributed by atoms with Gasteiger partial charge in [0, 0.05) is 22.7 Å². The van der Waals surface area contributed by atoms with Gasteiger partial charge >= 0.3 is 0 Å². The fraction of sp³-hybridized carbons (Fsp3) is 0.455. The van der Waals surface area contributed by atoms with Crippen LogP contribution >= 0.6 is 15.9 Å². The quantitative estimate of drug-likeness (QED) is 0.792. The summed E-state index contributed by atoms with van der Waals surface area (Å²) in [5, 5.41) is 8.99. The molecule has 0 bridgehead atoms. The van der Waals surface area contributed by atoms with Crippen LogP contribution in [-0.2, 0) is 10.0 Å². The van der Waals surface area contributed by atoms with Gasteiger partial charge < -0.3 is 10.8 Å². The van der Waals surface area contributed by atoms with E-state index >= 15 is 0 Å². The number of aliphatic hydroxyl groups is 1. The third-order valence-electron chi connectivity index (χ3n) is 2.85. The van der Waals surface area contributed by atoms with Gasteiger partial charge in [-0.1, -0.05) is 0 Å². The normalized spacial score (nSPS) is 16.2. The highest BCUT2D eigenvalue weighted by atomic mass is 79.9. The molecule has 0 unspecified atom stereocenters. The van der Waals surface area contributed by atoms with Gasteiger partial charge in [0.15, 0.2) is 0 Å². The Morgan fingerprint density at radius 3 is 2.61 bits per heavy atom. The number of hydrogen-bond acceptors (Lipinski definition) is 4. The van der Waals surface area contributed by atoms with E-state index in [0.717, 1.165) is 12.8 Å². The van der Waals surface area contributed by atoms with Gasteiger partial charge in [-0.25, -0.2) is 8.42 Å². The van der Waals surface area contributed by atoms with Crippen molar-refractivity contribution >= 4 is 31.6 Å². The molecule has 2 rings (SSSR count). The molecule has 0 spiro atoms. The Kier molecular flexibility index (Phi) is 3.96. The van der Waals surface area contributed by atoms with Crippen LogP contribution in [0.5, 0.6) is 0 Å². The molecule has 0 amide bonds. The Bertz CT molecular complexity index is 543. The van der Waals surface area contributed by atoms with E-state index in [9.17, 15) is 8.42 Å². The molecule has 100 valence electrons. The minimum atomic E-state index is -3.55. The molecule has 0 heterocycles. The van der Waals surface area contributed by atoms with E-state index in [1.54, 1.807) is 6.07 Å². The number of aliphatic hydroxyl groups excluding tert-OH is 1. The highest BCUT2D eigenvalue weighted by molar-refractivity contribution is 9.10. The molecule has 0 aromatic heterocycles. The van der Waals surface area contributed by atoms with Crippen molar-refractivity contribution in [1.29, 1.82) is 0 Å². The number of nitrogen functional groups attached to an aromatic ring is 1. The van der Waals surface area contributed by atoms with Crippen molar-refractivity contribution in [2.75, 3.05) is 18.9 Å². The molecule has 1 aliphatic rings. The Hall–Kier alpha value is -0.630. The number of benzene rings is 1. The van der Waals surface area contributed by atoms with E-state index in [2.05, 4.69) is 15.9 Å². The fourth-order valence-electron chi connectivity index (χ4n) is 1.76. The smallest absolute Gasteiger partial charge is 0.243 e. The van der Waals surface area contributed by atoms with E-state index in [0.29, 0.717) is 10.2 Å². The second-order valence-corrected chi connectivity index (χ2v) is 7.00. The number of sulfonamides is 1. The van der Waals surface area contributed by atoms with E-state index < -0.39 is 10.0 Å². The molecule has 18 heavy (non-hydrogen) atoms. The number of hydrogen-bond donors (Lipinski definition) is 2. The lowest BCUT2D eigenvalue weighted by molar-refractivity contribution is 0.250. The minimum absolute atomic E-state index is 0.0264. The van der Waals surface area contributed by atoms with Gasteiger partial charge in [0.2, 0.25) is 10.0 Å². The van der Waals surface area contributed by atoms with Crippen molar-refractivity contribution in [3.8, 4) is 0 Å². The van der Waals surface area contributed by atoms with E-state index in [1.165, 1.54) is 16.4 Å². The number of nitrogens with zero attached hydrogens (tertiary/aromatic N) is 1. The molecule has 1 saturated carbocycles. The van der Waals surface area contributed by atoms with Crippen molar-refractivity contribution in [2.45, 2.75) is 23.8 Å². The highest BCUT2D eigenvalue weighted by Gasteiger charge is 2.37. The van der Waals surface area contributed by atoms with E-state index in [1.807, 2.05) is 0 Å². The predicted octanol–water partition coefficient (Wildman–Crippen LogP) is 1.18. The van der Waals surface area contributed by atoms with Crippen LogP contribution in [0.4, 0.5) is 5.69 Å². The van der Waals surface area contributed by atoms with Crippen molar-refractivity contribution in [1.82, 2.24) is 4.31 Å². The zero-order chi connectivity index (χ0) is 13.3. The first-order chi connectivity index (χ1) is 8.46. The van der Waals surface area contributed by atoms with Gasteiger partial charge in [-0.3, -0.25) is 0 Å². The topological polar surface area (TPSA) is 83.6 Å². The van der Waals surface area contributed by atoms with E-state index in [-0.39, 0.29) is 24.1 Å². The van der Waals surface area contributed by atoms with Crippen LogP contribution in [0.15, 0.2) is 27.6 Å². The summed E-state index contributed by atoms with van der Waals surface area (Å²) in [7, 11) is -3.55. The molecule has 0 saturated heterocycles. The summed E-state index contributed by atoms with van der Waals surface area (Å²) in [5.41, 5.74) is 6.14. The van der Waals surface area contributed by atoms with Gasteiger partial charge in [-0.05, 0) is 47.0 Å². The molecule has 1 aromatic rings. The second kappa shape index (κ2) is 5.16. The van der Waals surface area contributed by atoms with Crippen molar-refractivity contribution in [3.05, 3.63) is 22.7 Å². The summed E-state index contributed by atoms with van der Waals surface area (Å²) in [6, 6.07) is 4.57. The van der Waals surface area contributed by atoms with Crippen molar-refractivity contribution < 1.29 is 13.5 Å². The average molecular weight is 335 g/mol. The predicted molar refractivity (Wildman–Crippen MR) is 72.6 cm³/mol. The lowest BCUT2D eigenvalue weighted by atomic mass is 10.3. The first kappa shape index (κ1) is 13.8. The van der Waals surface area contributed by atoms with Gasteiger partial charge in [-0.15, -0.1) is 0 Å². The monoisotopic (exact) mass is 334 g/mol. The summed E-state index contributed by atoms with van der Waals surface area (Å²) in [6.45, 7) is -0.0408. The molecule has 7 heteroatoms. The maximum absolute atomic E-state index is 12.4. The number of rotatable bonds is 5. The molecular formula is C11H15BrN2O3S. The van der Waals surface area contributed by atoms with Crippen LogP contribution in [0, 0.1) is 0 Å². The van der Waals surface area contributed by atoms with Crippen LogP contribution in [0.1, 0.15) is 12.8 Å². The van der Waals surface area contributed by atoms with Crippen molar-refractivity contribution in [2.24, 2.45) is 0 Å². The van der Waals surface area contributed by atoms with Crippen molar-refractivity contribution in [3.63, 3.8) is 0 Å². The van der Waals surface area contributed by atoms with Crippen LogP contribution in [-0.4, -0.2) is 37.0 Å². The molecule has 0 aliphatic heterocycles. The summed E-state index contributed by atoms with van der Waals surface area (Å²) >= 11 is 3.22. The standard InChI is InChI=1S/C11H15BrN2O3S/c12-10-7-9(3-4-11(10)13)18(16,17)14(5-6-15)8-1-2-8/h3-4,7-8,15H,1-2,5-6,13H2. The SMILES string of the molecule is Nc1ccc(S(=O)(=O)N(CCO)C2CC2)cc1Br. The maximum atomic E-state index is 12.4. The fourth-order valence-corrected chi connectivity index (χ4v) is 4.00. The largest absolute Gasteiger partial charge is 0.398 e. The number of nitrogens with two attached hydrogens (primary N) is 1.